The summed E-state index contributed by atoms with van der Waals surface area (Å²) in [7, 11) is 0. The summed E-state index contributed by atoms with van der Waals surface area (Å²) < 4.78 is 0. The van der Waals surface area contributed by atoms with Gasteiger partial charge in [0.1, 0.15) is 0 Å². The molecule has 0 radical (unpaired) electrons. The average molecular weight is 300 g/mol. The Morgan fingerprint density at radius 1 is 1.05 bits per heavy atom. The van der Waals surface area contributed by atoms with Crippen molar-refractivity contribution in [2.45, 2.75) is 19.5 Å². The molecule has 6 heteroatoms. The van der Waals surface area contributed by atoms with Crippen LogP contribution in [0.15, 0.2) is 48.8 Å². The number of aromatic nitrogens is 2. The minimum absolute atomic E-state index is 0.441. The van der Waals surface area contributed by atoms with Crippen molar-refractivity contribution in [2.75, 3.05) is 13.1 Å². The summed E-state index contributed by atoms with van der Waals surface area (Å²) >= 11 is 0. The maximum atomic E-state index is 10.5. The van der Waals surface area contributed by atoms with E-state index in [0.717, 1.165) is 24.4 Å². The molecule has 0 saturated heterocycles. The molecule has 0 aromatic carbocycles. The molecule has 0 aliphatic carbocycles. The Labute approximate surface area is 129 Å². The summed E-state index contributed by atoms with van der Waals surface area (Å²) in [6.07, 6.45) is 3.31. The molecule has 22 heavy (non-hydrogen) atoms. The number of carbonyl (C=O) groups is 1. The molecule has 1 amide bonds. The molecule has 116 valence electrons. The van der Waals surface area contributed by atoms with E-state index >= 15 is 0 Å². The van der Waals surface area contributed by atoms with Crippen LogP contribution in [0, 0.1) is 0 Å². The molecule has 2 N–H and O–H groups in total. The molecule has 0 unspecified atom stereocenters. The van der Waals surface area contributed by atoms with Crippen molar-refractivity contribution in [3.05, 3.63) is 60.2 Å². The van der Waals surface area contributed by atoms with Crippen molar-refractivity contribution in [2.24, 2.45) is 0 Å². The molecule has 0 fully saturated rings. The Morgan fingerprint density at radius 2 is 1.64 bits per heavy atom. The Bertz CT molecular complexity index is 521. The van der Waals surface area contributed by atoms with Crippen molar-refractivity contribution >= 4 is 6.09 Å². The van der Waals surface area contributed by atoms with Gasteiger partial charge in [-0.25, -0.2) is 4.79 Å². The van der Waals surface area contributed by atoms with Crippen LogP contribution >= 0.6 is 0 Å². The monoisotopic (exact) mass is 300 g/mol. The zero-order valence-electron chi connectivity index (χ0n) is 12.4. The minimum Gasteiger partial charge on any atom is -0.465 e. The van der Waals surface area contributed by atoms with E-state index in [1.807, 2.05) is 36.4 Å². The highest BCUT2D eigenvalue weighted by atomic mass is 16.4. The van der Waals surface area contributed by atoms with E-state index in [-0.39, 0.29) is 0 Å². The highest BCUT2D eigenvalue weighted by molar-refractivity contribution is 5.64. The number of pyridine rings is 2. The lowest BCUT2D eigenvalue weighted by molar-refractivity contribution is 0.192. The standard InChI is InChI=1S/C16H20N4O2/c21-16(22)19-10-5-11-20(12-14-6-1-3-8-17-14)13-15-7-2-4-9-18-15/h1-4,6-9,19H,5,10-13H2,(H,21,22). The minimum atomic E-state index is -0.985. The number of hydrogen-bond acceptors (Lipinski definition) is 4. The summed E-state index contributed by atoms with van der Waals surface area (Å²) in [5.74, 6) is 0. The van der Waals surface area contributed by atoms with E-state index in [1.54, 1.807) is 12.4 Å². The fraction of sp³-hybridized carbons (Fsp3) is 0.312. The molecular formula is C16H20N4O2. The molecule has 0 aliphatic heterocycles. The van der Waals surface area contributed by atoms with E-state index in [4.69, 9.17) is 5.11 Å². The summed E-state index contributed by atoms with van der Waals surface area (Å²) in [6.45, 7) is 2.64. The van der Waals surface area contributed by atoms with Gasteiger partial charge in [-0.3, -0.25) is 14.9 Å². The highest BCUT2D eigenvalue weighted by Crippen LogP contribution is 2.07. The summed E-state index contributed by atoms with van der Waals surface area (Å²) in [4.78, 5) is 21.4. The first-order valence-electron chi connectivity index (χ1n) is 7.23. The molecule has 2 aromatic heterocycles. The van der Waals surface area contributed by atoms with Gasteiger partial charge in [0.25, 0.3) is 0 Å². The van der Waals surface area contributed by atoms with Crippen molar-refractivity contribution in [3.8, 4) is 0 Å². The van der Waals surface area contributed by atoms with Crippen LogP contribution in [0.4, 0.5) is 4.79 Å². The van der Waals surface area contributed by atoms with E-state index in [9.17, 15) is 4.79 Å². The first kappa shape index (κ1) is 15.9. The second-order valence-electron chi connectivity index (χ2n) is 4.94. The van der Waals surface area contributed by atoms with Crippen LogP contribution in [0.5, 0.6) is 0 Å². The molecule has 0 aliphatic rings. The number of amides is 1. The number of carboxylic acid groups (broad SMARTS) is 1. The lowest BCUT2D eigenvalue weighted by atomic mass is 10.2. The molecule has 0 atom stereocenters. The maximum absolute atomic E-state index is 10.5. The van der Waals surface area contributed by atoms with E-state index in [2.05, 4.69) is 20.2 Å². The van der Waals surface area contributed by atoms with Gasteiger partial charge in [-0.15, -0.1) is 0 Å². The lowest BCUT2D eigenvalue weighted by Gasteiger charge is -2.21. The fourth-order valence-electron chi connectivity index (χ4n) is 2.15. The molecule has 2 aromatic rings. The van der Waals surface area contributed by atoms with Gasteiger partial charge in [0.05, 0.1) is 11.4 Å². The topological polar surface area (TPSA) is 78.4 Å². The third kappa shape index (κ3) is 5.88. The van der Waals surface area contributed by atoms with Crippen LogP contribution in [0.25, 0.3) is 0 Å². The maximum Gasteiger partial charge on any atom is 0.404 e. The van der Waals surface area contributed by atoms with Gasteiger partial charge in [-0.2, -0.15) is 0 Å². The Balaban J connectivity index is 1.92. The van der Waals surface area contributed by atoms with Crippen molar-refractivity contribution in [3.63, 3.8) is 0 Å². The number of rotatable bonds is 8. The predicted octanol–water partition coefficient (Wildman–Crippen LogP) is 2.14. The largest absolute Gasteiger partial charge is 0.465 e. The van der Waals surface area contributed by atoms with Crippen LogP contribution in [0.1, 0.15) is 17.8 Å². The van der Waals surface area contributed by atoms with Gasteiger partial charge in [-0.1, -0.05) is 12.1 Å². The summed E-state index contributed by atoms with van der Waals surface area (Å²) in [6, 6.07) is 11.7. The SMILES string of the molecule is O=C(O)NCCCN(Cc1ccccn1)Cc1ccccn1. The molecule has 2 rings (SSSR count). The first-order chi connectivity index (χ1) is 10.7. The zero-order valence-corrected chi connectivity index (χ0v) is 12.4. The average Bonchev–Trinajstić information content (AvgIpc) is 2.53. The second kappa shape index (κ2) is 8.74. The molecule has 0 bridgehead atoms. The first-order valence-corrected chi connectivity index (χ1v) is 7.23. The van der Waals surface area contributed by atoms with Gasteiger partial charge in [0.15, 0.2) is 0 Å². The number of nitrogens with zero attached hydrogens (tertiary/aromatic N) is 3. The van der Waals surface area contributed by atoms with E-state index in [0.29, 0.717) is 19.6 Å². The Kier molecular flexibility index (Phi) is 6.32. The Hall–Kier alpha value is -2.47. The van der Waals surface area contributed by atoms with Gasteiger partial charge in [0, 0.05) is 38.6 Å². The van der Waals surface area contributed by atoms with Crippen LogP contribution in [-0.2, 0) is 13.1 Å². The van der Waals surface area contributed by atoms with E-state index in [1.165, 1.54) is 0 Å². The Morgan fingerprint density at radius 3 is 2.09 bits per heavy atom. The molecule has 6 nitrogen and oxygen atoms in total. The highest BCUT2D eigenvalue weighted by Gasteiger charge is 2.08. The molecule has 0 spiro atoms. The van der Waals surface area contributed by atoms with Gasteiger partial charge in [-0.05, 0) is 30.7 Å². The van der Waals surface area contributed by atoms with Gasteiger partial charge in [0.2, 0.25) is 0 Å². The predicted molar refractivity (Wildman–Crippen MR) is 83.2 cm³/mol. The van der Waals surface area contributed by atoms with Crippen LogP contribution < -0.4 is 5.32 Å². The number of hydrogen-bond donors (Lipinski definition) is 2. The van der Waals surface area contributed by atoms with Gasteiger partial charge >= 0.3 is 6.09 Å². The van der Waals surface area contributed by atoms with Crippen LogP contribution in [-0.4, -0.2) is 39.2 Å². The van der Waals surface area contributed by atoms with Gasteiger partial charge < -0.3 is 10.4 Å². The van der Waals surface area contributed by atoms with E-state index < -0.39 is 6.09 Å². The van der Waals surface area contributed by atoms with Crippen LogP contribution in [0.3, 0.4) is 0 Å². The van der Waals surface area contributed by atoms with Crippen LogP contribution in [0.2, 0.25) is 0 Å². The normalized spacial score (nSPS) is 10.6. The third-order valence-electron chi connectivity index (χ3n) is 3.15. The number of nitrogens with one attached hydrogen (secondary N) is 1. The second-order valence-corrected chi connectivity index (χ2v) is 4.94. The third-order valence-corrected chi connectivity index (χ3v) is 3.15. The quantitative estimate of drug-likeness (QED) is 0.730. The lowest BCUT2D eigenvalue weighted by Crippen LogP contribution is -2.29. The fourth-order valence-corrected chi connectivity index (χ4v) is 2.15. The van der Waals surface area contributed by atoms with Crippen molar-refractivity contribution in [1.29, 1.82) is 0 Å². The van der Waals surface area contributed by atoms with Crippen molar-refractivity contribution < 1.29 is 9.90 Å². The zero-order chi connectivity index (χ0) is 15.6. The van der Waals surface area contributed by atoms with Crippen molar-refractivity contribution in [1.82, 2.24) is 20.2 Å². The molecule has 0 saturated carbocycles. The molecule has 2 heterocycles. The summed E-state index contributed by atoms with van der Waals surface area (Å²) in [5.41, 5.74) is 1.98. The molecular weight excluding hydrogens is 280 g/mol. The smallest absolute Gasteiger partial charge is 0.404 e. The summed E-state index contributed by atoms with van der Waals surface area (Å²) in [5, 5.41) is 11.0.